The van der Waals surface area contributed by atoms with Gasteiger partial charge in [-0.05, 0) is 43.2 Å². The largest absolute Gasteiger partial charge is 0.322 e. The summed E-state index contributed by atoms with van der Waals surface area (Å²) in [5.74, 6) is 1.31. The summed E-state index contributed by atoms with van der Waals surface area (Å²) in [4.78, 5) is 8.96. The van der Waals surface area contributed by atoms with Gasteiger partial charge in [-0.1, -0.05) is 12.1 Å². The molecule has 0 unspecified atom stereocenters. The first-order valence-electron chi connectivity index (χ1n) is 6.60. The van der Waals surface area contributed by atoms with E-state index >= 15 is 0 Å². The zero-order valence-electron chi connectivity index (χ0n) is 11.6. The van der Waals surface area contributed by atoms with E-state index in [-0.39, 0.29) is 0 Å². The monoisotopic (exact) mass is 285 g/mol. The Morgan fingerprint density at radius 1 is 1.15 bits per heavy atom. The smallest absolute Gasteiger partial charge is 0.125 e. The molecule has 0 aliphatic heterocycles. The average Bonchev–Trinajstić information content (AvgIpc) is 2.78. The number of fused-ring (bicyclic) bond motifs is 1. The van der Waals surface area contributed by atoms with Crippen LogP contribution in [-0.4, -0.2) is 14.5 Å². The third-order valence-electron chi connectivity index (χ3n) is 3.42. The molecule has 102 valence electrons. The fraction of sp³-hybridized carbons (Fsp3) is 0.250. The molecule has 0 spiro atoms. The third-order valence-corrected chi connectivity index (χ3v) is 3.65. The molecule has 3 rings (SSSR count). The molecule has 2 heterocycles. The Morgan fingerprint density at radius 3 is 2.70 bits per heavy atom. The van der Waals surface area contributed by atoms with Gasteiger partial charge in [0.05, 0.1) is 23.5 Å². The Hall–Kier alpha value is -1.87. The van der Waals surface area contributed by atoms with Gasteiger partial charge in [-0.3, -0.25) is 4.98 Å². The molecule has 0 saturated heterocycles. The molecule has 0 saturated carbocycles. The molecule has 1 aromatic carbocycles. The molecule has 0 N–H and O–H groups in total. The Morgan fingerprint density at radius 2 is 2.00 bits per heavy atom. The second kappa shape index (κ2) is 5.25. The lowest BCUT2D eigenvalue weighted by molar-refractivity contribution is 0.774. The van der Waals surface area contributed by atoms with Crippen LogP contribution in [0, 0.1) is 13.8 Å². The van der Waals surface area contributed by atoms with Gasteiger partial charge in [-0.2, -0.15) is 0 Å². The minimum Gasteiger partial charge on any atom is -0.322 e. The van der Waals surface area contributed by atoms with E-state index in [1.54, 1.807) is 0 Å². The molecule has 0 aliphatic carbocycles. The summed E-state index contributed by atoms with van der Waals surface area (Å²) < 4.78 is 2.16. The SMILES string of the molecule is Cc1ccc2c(c1)nc(CCl)n2Cc1ccc(C)nc1. The summed E-state index contributed by atoms with van der Waals surface area (Å²) in [6, 6.07) is 10.4. The third kappa shape index (κ3) is 2.41. The van der Waals surface area contributed by atoms with Crippen molar-refractivity contribution in [2.24, 2.45) is 0 Å². The van der Waals surface area contributed by atoms with Crippen molar-refractivity contribution in [3.05, 3.63) is 59.2 Å². The maximum atomic E-state index is 6.04. The fourth-order valence-corrected chi connectivity index (χ4v) is 2.55. The molecule has 3 nitrogen and oxygen atoms in total. The van der Waals surface area contributed by atoms with Crippen LogP contribution in [0.25, 0.3) is 11.0 Å². The number of aromatic nitrogens is 3. The number of hydrogen-bond donors (Lipinski definition) is 0. The van der Waals surface area contributed by atoms with Gasteiger partial charge in [0.2, 0.25) is 0 Å². The van der Waals surface area contributed by atoms with Crippen LogP contribution in [0.2, 0.25) is 0 Å². The standard InChI is InChI=1S/C16H16ClN3/c1-11-3-6-15-14(7-11)19-16(8-17)20(15)10-13-5-4-12(2)18-9-13/h3-7,9H,8,10H2,1-2H3. The minimum absolute atomic E-state index is 0.410. The van der Waals surface area contributed by atoms with E-state index in [4.69, 9.17) is 11.6 Å². The number of aryl methyl sites for hydroxylation is 2. The number of alkyl halides is 1. The van der Waals surface area contributed by atoms with Gasteiger partial charge in [-0.25, -0.2) is 4.98 Å². The van der Waals surface area contributed by atoms with Crippen molar-refractivity contribution in [2.45, 2.75) is 26.3 Å². The summed E-state index contributed by atoms with van der Waals surface area (Å²) in [6.45, 7) is 4.81. The van der Waals surface area contributed by atoms with Crippen molar-refractivity contribution in [2.75, 3.05) is 0 Å². The first-order chi connectivity index (χ1) is 9.67. The lowest BCUT2D eigenvalue weighted by atomic mass is 10.2. The normalized spacial score (nSPS) is 11.2. The molecule has 0 atom stereocenters. The van der Waals surface area contributed by atoms with E-state index < -0.39 is 0 Å². The number of rotatable bonds is 3. The number of benzene rings is 1. The zero-order chi connectivity index (χ0) is 14.1. The van der Waals surface area contributed by atoms with Crippen LogP contribution < -0.4 is 0 Å². The second-order valence-corrected chi connectivity index (χ2v) is 5.32. The lowest BCUT2D eigenvalue weighted by Gasteiger charge is -2.08. The molecule has 2 aromatic heterocycles. The highest BCUT2D eigenvalue weighted by Crippen LogP contribution is 2.20. The Labute approximate surface area is 123 Å². The number of imidazole rings is 1. The average molecular weight is 286 g/mol. The van der Waals surface area contributed by atoms with Crippen molar-refractivity contribution in [1.82, 2.24) is 14.5 Å². The highest BCUT2D eigenvalue weighted by Gasteiger charge is 2.10. The Kier molecular flexibility index (Phi) is 3.45. The van der Waals surface area contributed by atoms with Gasteiger partial charge in [0.15, 0.2) is 0 Å². The minimum atomic E-state index is 0.410. The van der Waals surface area contributed by atoms with Gasteiger partial charge < -0.3 is 4.57 Å². The van der Waals surface area contributed by atoms with Crippen molar-refractivity contribution in [3.8, 4) is 0 Å². The van der Waals surface area contributed by atoms with Crippen LogP contribution in [0.3, 0.4) is 0 Å². The van der Waals surface area contributed by atoms with Crippen molar-refractivity contribution in [3.63, 3.8) is 0 Å². The van der Waals surface area contributed by atoms with Gasteiger partial charge in [-0.15, -0.1) is 11.6 Å². The molecule has 0 amide bonds. The molecule has 0 fully saturated rings. The van der Waals surface area contributed by atoms with Crippen LogP contribution >= 0.6 is 11.6 Å². The van der Waals surface area contributed by atoms with Crippen molar-refractivity contribution >= 4 is 22.6 Å². The fourth-order valence-electron chi connectivity index (χ4n) is 2.34. The highest BCUT2D eigenvalue weighted by atomic mass is 35.5. The summed E-state index contributed by atoms with van der Waals surface area (Å²) in [5, 5.41) is 0. The summed E-state index contributed by atoms with van der Waals surface area (Å²) in [6.07, 6.45) is 1.91. The molecule has 0 radical (unpaired) electrons. The van der Waals surface area contributed by atoms with Crippen molar-refractivity contribution < 1.29 is 0 Å². The predicted octanol–water partition coefficient (Wildman–Crippen LogP) is 3.84. The van der Waals surface area contributed by atoms with Crippen LogP contribution in [0.15, 0.2) is 36.5 Å². The van der Waals surface area contributed by atoms with E-state index in [0.717, 1.165) is 34.7 Å². The number of hydrogen-bond acceptors (Lipinski definition) is 2. The zero-order valence-corrected chi connectivity index (χ0v) is 12.4. The van der Waals surface area contributed by atoms with Crippen LogP contribution in [0.5, 0.6) is 0 Å². The van der Waals surface area contributed by atoms with Crippen molar-refractivity contribution in [1.29, 1.82) is 0 Å². The molecular formula is C16H16ClN3. The summed E-state index contributed by atoms with van der Waals surface area (Å²) >= 11 is 6.04. The van der Waals surface area contributed by atoms with Crippen LogP contribution in [0.4, 0.5) is 0 Å². The predicted molar refractivity (Wildman–Crippen MR) is 82.1 cm³/mol. The Balaban J connectivity index is 2.07. The van der Waals surface area contributed by atoms with Gasteiger partial charge in [0.25, 0.3) is 0 Å². The molecular weight excluding hydrogens is 270 g/mol. The molecule has 3 aromatic rings. The van der Waals surface area contributed by atoms with Gasteiger partial charge in [0.1, 0.15) is 5.82 Å². The lowest BCUT2D eigenvalue weighted by Crippen LogP contribution is -2.04. The summed E-state index contributed by atoms with van der Waals surface area (Å²) in [5.41, 5.74) is 5.51. The first-order valence-corrected chi connectivity index (χ1v) is 7.14. The topological polar surface area (TPSA) is 30.7 Å². The number of pyridine rings is 1. The maximum absolute atomic E-state index is 6.04. The van der Waals surface area contributed by atoms with E-state index in [9.17, 15) is 0 Å². The molecule has 0 bridgehead atoms. The van der Waals surface area contributed by atoms with Crippen LogP contribution in [-0.2, 0) is 12.4 Å². The molecule has 4 heteroatoms. The Bertz CT molecular complexity index is 744. The van der Waals surface area contributed by atoms with E-state index in [1.165, 1.54) is 5.56 Å². The van der Waals surface area contributed by atoms with E-state index in [2.05, 4.69) is 45.7 Å². The van der Waals surface area contributed by atoms with Gasteiger partial charge >= 0.3 is 0 Å². The number of nitrogens with zero attached hydrogens (tertiary/aromatic N) is 3. The molecule has 20 heavy (non-hydrogen) atoms. The highest BCUT2D eigenvalue weighted by molar-refractivity contribution is 6.16. The second-order valence-electron chi connectivity index (χ2n) is 5.05. The summed E-state index contributed by atoms with van der Waals surface area (Å²) in [7, 11) is 0. The number of halogens is 1. The van der Waals surface area contributed by atoms with Gasteiger partial charge in [0, 0.05) is 11.9 Å². The maximum Gasteiger partial charge on any atom is 0.125 e. The molecule has 0 aliphatic rings. The van der Waals surface area contributed by atoms with E-state index in [1.807, 2.05) is 19.2 Å². The van der Waals surface area contributed by atoms with Crippen LogP contribution in [0.1, 0.15) is 22.6 Å². The van der Waals surface area contributed by atoms with E-state index in [0.29, 0.717) is 5.88 Å². The first kappa shape index (κ1) is 13.1. The quantitative estimate of drug-likeness (QED) is 0.685.